The number of aromatic nitrogens is 2. The SMILES string of the molecule is CC1C=C(OC(C)C(F)(F)F)C(C(=O)N2CC3(C)CC3(c3noc(C(F)(F)F)n3)C2)=CC1S(C)(=O)=O. The summed E-state index contributed by atoms with van der Waals surface area (Å²) in [5, 5.41) is 2.28. The van der Waals surface area contributed by atoms with E-state index in [1.807, 2.05) is 0 Å². The molecular formula is C21H23F6N3O5S. The predicted molar refractivity (Wildman–Crippen MR) is 111 cm³/mol. The summed E-state index contributed by atoms with van der Waals surface area (Å²) < 4.78 is 112. The zero-order valence-electron chi connectivity index (χ0n) is 19.6. The Morgan fingerprint density at radius 1 is 1.22 bits per heavy atom. The van der Waals surface area contributed by atoms with Gasteiger partial charge in [0.05, 0.1) is 16.2 Å². The molecule has 1 aromatic heterocycles. The Bertz CT molecular complexity index is 1250. The van der Waals surface area contributed by atoms with E-state index >= 15 is 0 Å². The first-order valence-electron chi connectivity index (χ1n) is 10.9. The molecule has 0 N–H and O–H groups in total. The van der Waals surface area contributed by atoms with Gasteiger partial charge in [0.2, 0.25) is 0 Å². The highest BCUT2D eigenvalue weighted by atomic mass is 32.2. The highest BCUT2D eigenvalue weighted by Gasteiger charge is 2.73. The Hall–Kier alpha value is -2.58. The second kappa shape index (κ2) is 7.96. The zero-order chi connectivity index (χ0) is 27.1. The van der Waals surface area contributed by atoms with Gasteiger partial charge in [-0.3, -0.25) is 4.79 Å². The third kappa shape index (κ3) is 4.39. The molecule has 15 heteroatoms. The van der Waals surface area contributed by atoms with Gasteiger partial charge in [-0.1, -0.05) is 19.0 Å². The Balaban J connectivity index is 1.64. The Labute approximate surface area is 202 Å². The molecule has 2 fully saturated rings. The van der Waals surface area contributed by atoms with Crippen molar-refractivity contribution in [3.8, 4) is 0 Å². The van der Waals surface area contributed by atoms with E-state index in [-0.39, 0.29) is 24.5 Å². The van der Waals surface area contributed by atoms with Crippen molar-refractivity contribution < 1.29 is 48.8 Å². The molecule has 0 spiro atoms. The maximum absolute atomic E-state index is 13.5. The summed E-state index contributed by atoms with van der Waals surface area (Å²) in [5.41, 5.74) is -2.08. The lowest BCUT2D eigenvalue weighted by Crippen LogP contribution is -2.39. The molecule has 2 aliphatic carbocycles. The van der Waals surface area contributed by atoms with Gasteiger partial charge in [0.15, 0.2) is 21.8 Å². The van der Waals surface area contributed by atoms with Crippen molar-refractivity contribution in [2.75, 3.05) is 19.3 Å². The number of ether oxygens (including phenoxy) is 1. The molecule has 1 saturated carbocycles. The van der Waals surface area contributed by atoms with Gasteiger partial charge in [-0.05, 0) is 31.4 Å². The quantitative estimate of drug-likeness (QED) is 0.525. The number of hydrogen-bond acceptors (Lipinski definition) is 7. The summed E-state index contributed by atoms with van der Waals surface area (Å²) in [4.78, 5) is 18.2. The van der Waals surface area contributed by atoms with Crippen molar-refractivity contribution in [3.05, 3.63) is 35.2 Å². The van der Waals surface area contributed by atoms with Crippen LogP contribution in [0.15, 0.2) is 28.0 Å². The fourth-order valence-corrected chi connectivity index (χ4v) is 6.26. The van der Waals surface area contributed by atoms with Crippen LogP contribution in [-0.4, -0.2) is 66.2 Å². The minimum atomic E-state index is -4.85. The number of fused-ring (bicyclic) bond motifs is 1. The summed E-state index contributed by atoms with van der Waals surface area (Å²) in [6, 6.07) is 0. The van der Waals surface area contributed by atoms with E-state index in [9.17, 15) is 39.6 Å². The van der Waals surface area contributed by atoms with E-state index < -0.39 is 67.8 Å². The van der Waals surface area contributed by atoms with Crippen LogP contribution in [0.3, 0.4) is 0 Å². The van der Waals surface area contributed by atoms with Crippen LogP contribution in [0.2, 0.25) is 0 Å². The van der Waals surface area contributed by atoms with Gasteiger partial charge < -0.3 is 14.2 Å². The third-order valence-electron chi connectivity index (χ3n) is 7.13. The maximum atomic E-state index is 13.5. The highest BCUT2D eigenvalue weighted by molar-refractivity contribution is 7.91. The summed E-state index contributed by atoms with van der Waals surface area (Å²) in [5.74, 6) is -3.72. The lowest BCUT2D eigenvalue weighted by atomic mass is 9.95. The van der Waals surface area contributed by atoms with Crippen molar-refractivity contribution in [3.63, 3.8) is 0 Å². The molecule has 5 atom stereocenters. The highest BCUT2D eigenvalue weighted by Crippen LogP contribution is 2.68. The fourth-order valence-electron chi connectivity index (χ4n) is 5.02. The molecule has 36 heavy (non-hydrogen) atoms. The van der Waals surface area contributed by atoms with Gasteiger partial charge in [-0.25, -0.2) is 8.42 Å². The maximum Gasteiger partial charge on any atom is 0.471 e. The van der Waals surface area contributed by atoms with Crippen molar-refractivity contribution >= 4 is 15.7 Å². The molecule has 5 unspecified atom stereocenters. The lowest BCUT2D eigenvalue weighted by molar-refractivity contribution is -0.203. The second-order valence-electron chi connectivity index (χ2n) is 9.97. The van der Waals surface area contributed by atoms with Crippen molar-refractivity contribution in [2.24, 2.45) is 11.3 Å². The summed E-state index contributed by atoms with van der Waals surface area (Å²) in [7, 11) is -3.73. The Morgan fingerprint density at radius 2 is 1.86 bits per heavy atom. The molecule has 0 bridgehead atoms. The average molecular weight is 543 g/mol. The number of sulfone groups is 1. The molecule has 200 valence electrons. The molecule has 3 aliphatic rings. The zero-order valence-corrected chi connectivity index (χ0v) is 20.4. The molecule has 4 rings (SSSR count). The van der Waals surface area contributed by atoms with Crippen LogP contribution in [0.5, 0.6) is 0 Å². The Morgan fingerprint density at radius 3 is 2.39 bits per heavy atom. The van der Waals surface area contributed by atoms with E-state index in [0.717, 1.165) is 19.3 Å². The number of halogens is 6. The van der Waals surface area contributed by atoms with Crippen molar-refractivity contribution in [2.45, 2.75) is 56.3 Å². The smallest absolute Gasteiger partial charge is 0.471 e. The third-order valence-corrected chi connectivity index (χ3v) is 8.68. The second-order valence-corrected chi connectivity index (χ2v) is 12.2. The minimum absolute atomic E-state index is 0.0419. The molecule has 0 aromatic carbocycles. The van der Waals surface area contributed by atoms with Crippen LogP contribution in [0.25, 0.3) is 0 Å². The van der Waals surface area contributed by atoms with Crippen LogP contribution < -0.4 is 0 Å². The minimum Gasteiger partial charge on any atom is -0.481 e. The Kier molecular flexibility index (Phi) is 5.85. The summed E-state index contributed by atoms with van der Waals surface area (Å²) in [6.45, 7) is 3.87. The van der Waals surface area contributed by atoms with Gasteiger partial charge in [0.25, 0.3) is 5.91 Å². The largest absolute Gasteiger partial charge is 0.481 e. The molecule has 8 nitrogen and oxygen atoms in total. The number of allylic oxidation sites excluding steroid dienone is 1. The first kappa shape index (κ1) is 26.5. The predicted octanol–water partition coefficient (Wildman–Crippen LogP) is 3.42. The molecule has 1 saturated heterocycles. The van der Waals surface area contributed by atoms with Gasteiger partial charge >= 0.3 is 18.2 Å². The van der Waals surface area contributed by atoms with E-state index in [4.69, 9.17) is 4.74 Å². The van der Waals surface area contributed by atoms with Crippen LogP contribution in [0.4, 0.5) is 26.3 Å². The number of carbonyl (C=O) groups is 1. The molecule has 1 aliphatic heterocycles. The number of hydrogen-bond donors (Lipinski definition) is 0. The molecule has 2 heterocycles. The molecular weight excluding hydrogens is 520 g/mol. The number of amides is 1. The lowest BCUT2D eigenvalue weighted by Gasteiger charge is -2.30. The molecule has 1 amide bonds. The number of likely N-dealkylation sites (tertiary alicyclic amines) is 1. The monoisotopic (exact) mass is 543 g/mol. The van der Waals surface area contributed by atoms with Gasteiger partial charge in [-0.2, -0.15) is 31.3 Å². The summed E-state index contributed by atoms with van der Waals surface area (Å²) >= 11 is 0. The first-order chi connectivity index (χ1) is 16.3. The summed E-state index contributed by atoms with van der Waals surface area (Å²) in [6.07, 6.45) is -8.31. The molecule has 1 aromatic rings. The molecule has 0 radical (unpaired) electrons. The normalized spacial score (nSPS) is 31.4. The van der Waals surface area contributed by atoms with Gasteiger partial charge in [-0.15, -0.1) is 0 Å². The van der Waals surface area contributed by atoms with Crippen molar-refractivity contribution in [1.82, 2.24) is 15.0 Å². The topological polar surface area (TPSA) is 103 Å². The standard InChI is InChI=1S/C21H23F6N3O5S/c1-10-5-13(34-11(2)20(22,23)24)12(6-14(10)36(4,32)33)15(31)30-8-18(3)7-19(18,9-30)16-28-17(35-29-16)21(25,26)27/h5-6,10-11,14H,7-9H2,1-4H3. The first-order valence-corrected chi connectivity index (χ1v) is 12.8. The van der Waals surface area contributed by atoms with E-state index in [1.165, 1.54) is 17.9 Å². The number of alkyl halides is 6. The van der Waals surface area contributed by atoms with E-state index in [2.05, 4.69) is 14.7 Å². The number of carbonyl (C=O) groups excluding carboxylic acids is 1. The number of nitrogens with zero attached hydrogens (tertiary/aromatic N) is 3. The van der Waals surface area contributed by atoms with Crippen LogP contribution in [-0.2, 0) is 31.0 Å². The van der Waals surface area contributed by atoms with Crippen LogP contribution in [0, 0.1) is 11.3 Å². The van der Waals surface area contributed by atoms with Crippen LogP contribution >= 0.6 is 0 Å². The number of piperidine rings is 1. The van der Waals surface area contributed by atoms with Crippen molar-refractivity contribution in [1.29, 1.82) is 0 Å². The van der Waals surface area contributed by atoms with Gasteiger partial charge in [0, 0.05) is 24.8 Å². The van der Waals surface area contributed by atoms with E-state index in [1.54, 1.807) is 6.92 Å². The van der Waals surface area contributed by atoms with Crippen LogP contribution in [0.1, 0.15) is 38.9 Å². The number of rotatable bonds is 5. The fraction of sp³-hybridized carbons (Fsp3) is 0.667. The van der Waals surface area contributed by atoms with E-state index in [0.29, 0.717) is 6.42 Å². The van der Waals surface area contributed by atoms with Gasteiger partial charge in [0.1, 0.15) is 5.76 Å². The average Bonchev–Trinajstić information content (AvgIpc) is 3.07.